The molecule has 2 aliphatic heterocycles. The topological polar surface area (TPSA) is 3.24 Å². The predicted molar refractivity (Wildman–Crippen MR) is 77.6 cm³/mol. The minimum atomic E-state index is -1.32. The van der Waals surface area contributed by atoms with Gasteiger partial charge in [0.1, 0.15) is 10.0 Å². The highest BCUT2D eigenvalue weighted by Gasteiger charge is 2.70. The molecule has 18 heavy (non-hydrogen) atoms. The van der Waals surface area contributed by atoms with E-state index in [4.69, 9.17) is 58.0 Å². The van der Waals surface area contributed by atoms with E-state index in [0.717, 1.165) is 5.56 Å². The van der Waals surface area contributed by atoms with E-state index in [9.17, 15) is 0 Å². The number of nitrogens with zero attached hydrogens (tertiary/aromatic N) is 1. The fraction of sp³-hybridized carbons (Fsp3) is 0.333. The van der Waals surface area contributed by atoms with Gasteiger partial charge in [-0.25, -0.2) is 0 Å². The minimum Gasteiger partial charge on any atom is -0.327 e. The summed E-state index contributed by atoms with van der Waals surface area (Å²) in [4.78, 5) is 0.542. The van der Waals surface area contributed by atoms with Gasteiger partial charge in [-0.05, 0) is 5.56 Å². The van der Waals surface area contributed by atoms with Crippen molar-refractivity contribution in [2.24, 2.45) is 0 Å². The van der Waals surface area contributed by atoms with Gasteiger partial charge in [0.25, 0.3) is 0 Å². The lowest BCUT2D eigenvalue weighted by Crippen LogP contribution is -2.41. The molecule has 2 atom stereocenters. The zero-order valence-corrected chi connectivity index (χ0v) is 12.8. The summed E-state index contributed by atoms with van der Waals surface area (Å²) in [5.74, 6) is -0.0923. The lowest BCUT2D eigenvalue weighted by molar-refractivity contribution is 0.394. The van der Waals surface area contributed by atoms with E-state index in [0.29, 0.717) is 16.7 Å². The van der Waals surface area contributed by atoms with E-state index in [-0.39, 0.29) is 5.92 Å². The maximum Gasteiger partial charge on any atom is 0.216 e. The molecule has 0 aromatic heterocycles. The molecule has 1 aromatic carbocycles. The summed E-state index contributed by atoms with van der Waals surface area (Å²) in [6.45, 7) is 0.551. The third-order valence-electron chi connectivity index (χ3n) is 3.56. The molecule has 0 saturated carbocycles. The summed E-state index contributed by atoms with van der Waals surface area (Å²) in [7, 11) is 0. The van der Waals surface area contributed by atoms with E-state index >= 15 is 0 Å². The second kappa shape index (κ2) is 4.10. The quantitative estimate of drug-likeness (QED) is 0.520. The van der Waals surface area contributed by atoms with Crippen molar-refractivity contribution in [1.82, 2.24) is 4.90 Å². The summed E-state index contributed by atoms with van der Waals surface area (Å²) in [5.41, 5.74) is 1.04. The van der Waals surface area contributed by atoms with Crippen LogP contribution in [-0.2, 0) is 0 Å². The van der Waals surface area contributed by atoms with Crippen LogP contribution in [0, 0.1) is 0 Å². The Labute approximate surface area is 130 Å². The molecule has 96 valence electrons. The van der Waals surface area contributed by atoms with Crippen molar-refractivity contribution in [2.75, 3.05) is 6.54 Å². The van der Waals surface area contributed by atoms with Crippen molar-refractivity contribution in [2.45, 2.75) is 15.2 Å². The summed E-state index contributed by atoms with van der Waals surface area (Å²) >= 11 is 31.7. The number of rotatable bonds is 1. The van der Waals surface area contributed by atoms with Gasteiger partial charge >= 0.3 is 0 Å². The molecular weight excluding hydrogens is 335 g/mol. The van der Waals surface area contributed by atoms with Crippen LogP contribution in [0.25, 0.3) is 0 Å². The Kier molecular flexibility index (Phi) is 3.01. The Balaban J connectivity index is 2.14. The summed E-state index contributed by atoms with van der Waals surface area (Å²) in [5, 5.41) is 0.653. The van der Waals surface area contributed by atoms with Gasteiger partial charge in [0.05, 0.1) is 5.03 Å². The highest BCUT2D eigenvalue weighted by atomic mass is 35.5. The third kappa shape index (κ3) is 1.43. The van der Waals surface area contributed by atoms with Crippen LogP contribution in [0.15, 0.2) is 40.5 Å². The molecule has 2 bridgehead atoms. The van der Waals surface area contributed by atoms with Gasteiger partial charge in [-0.2, -0.15) is 0 Å². The Morgan fingerprint density at radius 2 is 1.67 bits per heavy atom. The van der Waals surface area contributed by atoms with Crippen molar-refractivity contribution in [3.63, 3.8) is 0 Å². The molecule has 0 amide bonds. The second-order valence-corrected chi connectivity index (χ2v) is 7.05. The monoisotopic (exact) mass is 341 g/mol. The van der Waals surface area contributed by atoms with Crippen LogP contribution in [0.2, 0.25) is 0 Å². The van der Waals surface area contributed by atoms with Crippen LogP contribution in [0.3, 0.4) is 0 Å². The van der Waals surface area contributed by atoms with E-state index in [2.05, 4.69) is 0 Å². The molecule has 0 aliphatic carbocycles. The molecule has 3 rings (SSSR count). The standard InChI is InChI=1S/C12H8Cl5N/c13-9-10(14)18-6-8(7-4-2-1-3-5-7)11(9,15)12(18,16)17/h1-5,8H,6H2. The number of hydrogen-bond acceptors (Lipinski definition) is 1. The van der Waals surface area contributed by atoms with Crippen LogP contribution >= 0.6 is 58.0 Å². The molecule has 1 fully saturated rings. The first-order valence-corrected chi connectivity index (χ1v) is 7.24. The zero-order chi connectivity index (χ0) is 13.1. The molecule has 6 heteroatoms. The molecule has 2 unspecified atom stereocenters. The van der Waals surface area contributed by atoms with Crippen molar-refractivity contribution in [3.8, 4) is 0 Å². The van der Waals surface area contributed by atoms with Crippen molar-refractivity contribution >= 4 is 58.0 Å². The minimum absolute atomic E-state index is 0.0923. The average molecular weight is 343 g/mol. The Hall–Kier alpha value is 0.210. The predicted octanol–water partition coefficient (Wildman–Crippen LogP) is 4.86. The summed E-state index contributed by atoms with van der Waals surface area (Å²) < 4.78 is -1.32. The fourth-order valence-electron chi connectivity index (χ4n) is 2.61. The fourth-order valence-corrected chi connectivity index (χ4v) is 4.70. The Morgan fingerprint density at radius 1 is 1.06 bits per heavy atom. The maximum absolute atomic E-state index is 6.65. The molecular formula is C12H8Cl5N. The van der Waals surface area contributed by atoms with Gasteiger partial charge < -0.3 is 4.90 Å². The number of benzene rings is 1. The largest absolute Gasteiger partial charge is 0.327 e. The molecule has 0 N–H and O–H groups in total. The zero-order valence-electron chi connectivity index (χ0n) is 9.01. The van der Waals surface area contributed by atoms with Gasteiger partial charge in [-0.3, -0.25) is 0 Å². The van der Waals surface area contributed by atoms with E-state index in [1.807, 2.05) is 30.3 Å². The highest BCUT2D eigenvalue weighted by molar-refractivity contribution is 6.59. The number of fused-ring (bicyclic) bond motifs is 2. The smallest absolute Gasteiger partial charge is 0.216 e. The molecule has 1 aromatic rings. The number of alkyl halides is 3. The second-order valence-electron chi connectivity index (χ2n) is 4.43. The molecule has 2 aliphatic rings. The number of halogens is 5. The molecule has 1 nitrogen and oxygen atoms in total. The van der Waals surface area contributed by atoms with E-state index in [1.54, 1.807) is 4.90 Å². The first-order chi connectivity index (χ1) is 8.40. The van der Waals surface area contributed by atoms with Crippen LogP contribution in [-0.4, -0.2) is 20.8 Å². The van der Waals surface area contributed by atoms with Crippen molar-refractivity contribution in [3.05, 3.63) is 46.1 Å². The lowest BCUT2D eigenvalue weighted by atomic mass is 9.87. The van der Waals surface area contributed by atoms with Gasteiger partial charge in [0.15, 0.2) is 0 Å². The molecule has 0 radical (unpaired) electrons. The van der Waals surface area contributed by atoms with Crippen LogP contribution in [0.5, 0.6) is 0 Å². The first kappa shape index (κ1) is 13.2. The van der Waals surface area contributed by atoms with E-state index in [1.165, 1.54) is 0 Å². The molecule has 1 saturated heterocycles. The van der Waals surface area contributed by atoms with Gasteiger partial charge in [0, 0.05) is 12.5 Å². The van der Waals surface area contributed by atoms with Crippen molar-refractivity contribution < 1.29 is 0 Å². The Bertz CT molecular complexity index is 527. The highest BCUT2D eigenvalue weighted by Crippen LogP contribution is 2.67. The lowest BCUT2D eigenvalue weighted by Gasteiger charge is -2.31. The Morgan fingerprint density at radius 3 is 2.17 bits per heavy atom. The summed E-state index contributed by atoms with van der Waals surface area (Å²) in [6, 6.07) is 9.80. The third-order valence-corrected chi connectivity index (χ3v) is 6.55. The van der Waals surface area contributed by atoms with Crippen LogP contribution < -0.4 is 0 Å². The SMILES string of the molecule is ClC1=C(Cl)C2(Cl)C(c3ccccc3)CN1C2(Cl)Cl. The van der Waals surface area contributed by atoms with Gasteiger partial charge in [-0.15, -0.1) is 11.6 Å². The van der Waals surface area contributed by atoms with Gasteiger partial charge in [-0.1, -0.05) is 76.7 Å². The normalized spacial score (nSPS) is 33.4. The summed E-state index contributed by atoms with van der Waals surface area (Å²) in [6.07, 6.45) is 0. The van der Waals surface area contributed by atoms with E-state index < -0.39 is 9.33 Å². The molecule has 0 spiro atoms. The van der Waals surface area contributed by atoms with Crippen LogP contribution in [0.1, 0.15) is 11.5 Å². The van der Waals surface area contributed by atoms with Gasteiger partial charge in [0.2, 0.25) is 4.46 Å². The average Bonchev–Trinajstić information content (AvgIpc) is 2.63. The maximum atomic E-state index is 6.65. The first-order valence-electron chi connectivity index (χ1n) is 5.35. The van der Waals surface area contributed by atoms with Crippen LogP contribution in [0.4, 0.5) is 0 Å². The number of hydrogen-bond donors (Lipinski definition) is 0. The molecule has 2 heterocycles. The van der Waals surface area contributed by atoms with Crippen molar-refractivity contribution in [1.29, 1.82) is 0 Å².